The Balaban J connectivity index is 1.06. The van der Waals surface area contributed by atoms with Crippen molar-refractivity contribution >= 4 is 44.9 Å². The molecule has 0 unspecified atom stereocenters. The summed E-state index contributed by atoms with van der Waals surface area (Å²) in [5.74, 6) is 1.78. The van der Waals surface area contributed by atoms with E-state index in [2.05, 4.69) is 20.9 Å². The van der Waals surface area contributed by atoms with Crippen molar-refractivity contribution < 1.29 is 4.79 Å². The maximum atomic E-state index is 12.7. The Bertz CT molecular complexity index is 1060. The number of pyridine rings is 1. The number of carbonyl (C=O) groups excluding carboxylic acids is 1. The van der Waals surface area contributed by atoms with Gasteiger partial charge in [0.2, 0.25) is 5.91 Å². The molecule has 0 radical (unpaired) electrons. The van der Waals surface area contributed by atoms with Crippen LogP contribution in [0.3, 0.4) is 0 Å². The van der Waals surface area contributed by atoms with Crippen LogP contribution in [-0.2, 0) is 4.79 Å². The molecule has 0 N–H and O–H groups in total. The quantitative estimate of drug-likeness (QED) is 0.558. The summed E-state index contributed by atoms with van der Waals surface area (Å²) in [5, 5.41) is 1.97. The molecular formula is C24H28ClN5OS. The highest BCUT2D eigenvalue weighted by atomic mass is 35.5. The fraction of sp³-hybridized carbons (Fsp3) is 0.458. The number of amides is 1. The van der Waals surface area contributed by atoms with Gasteiger partial charge in [-0.05, 0) is 56.3 Å². The van der Waals surface area contributed by atoms with Gasteiger partial charge in [-0.25, -0.2) is 9.97 Å². The lowest BCUT2D eigenvalue weighted by Crippen LogP contribution is -2.49. The maximum Gasteiger partial charge on any atom is 0.223 e. The number of aromatic nitrogens is 2. The van der Waals surface area contributed by atoms with E-state index < -0.39 is 0 Å². The Labute approximate surface area is 197 Å². The molecule has 0 spiro atoms. The molecule has 8 heteroatoms. The summed E-state index contributed by atoms with van der Waals surface area (Å²) in [7, 11) is 0. The minimum Gasteiger partial charge on any atom is -0.353 e. The Morgan fingerprint density at radius 2 is 1.88 bits per heavy atom. The highest BCUT2D eigenvalue weighted by Gasteiger charge is 2.25. The van der Waals surface area contributed by atoms with Gasteiger partial charge in [0.25, 0.3) is 0 Å². The number of fused-ring (bicyclic) bond motifs is 1. The zero-order valence-corrected chi connectivity index (χ0v) is 19.7. The van der Waals surface area contributed by atoms with E-state index in [0.717, 1.165) is 75.0 Å². The Morgan fingerprint density at radius 3 is 2.62 bits per heavy atom. The van der Waals surface area contributed by atoms with Crippen molar-refractivity contribution in [2.45, 2.75) is 25.2 Å². The number of anilines is 1. The van der Waals surface area contributed by atoms with Crippen LogP contribution in [-0.4, -0.2) is 71.5 Å². The SMILES string of the molecule is O=C(CCN1CCC(c2nc3cc(Cl)ccc3s2)CC1)N1CCN(c2ccccn2)CC1. The summed E-state index contributed by atoms with van der Waals surface area (Å²) in [6.45, 7) is 6.16. The predicted molar refractivity (Wildman–Crippen MR) is 131 cm³/mol. The molecule has 5 rings (SSSR count). The molecule has 2 fully saturated rings. The molecule has 1 aromatic carbocycles. The smallest absolute Gasteiger partial charge is 0.223 e. The number of nitrogens with zero attached hydrogens (tertiary/aromatic N) is 5. The monoisotopic (exact) mass is 469 g/mol. The second-order valence-electron chi connectivity index (χ2n) is 8.59. The number of piperazine rings is 1. The van der Waals surface area contributed by atoms with Crippen LogP contribution < -0.4 is 4.90 Å². The fourth-order valence-corrected chi connectivity index (χ4v) is 5.92. The van der Waals surface area contributed by atoms with Gasteiger partial charge >= 0.3 is 0 Å². The molecule has 2 aliphatic rings. The molecule has 2 aromatic heterocycles. The van der Waals surface area contributed by atoms with Crippen LogP contribution in [0.15, 0.2) is 42.6 Å². The van der Waals surface area contributed by atoms with E-state index in [-0.39, 0.29) is 5.91 Å². The van der Waals surface area contributed by atoms with E-state index in [0.29, 0.717) is 12.3 Å². The van der Waals surface area contributed by atoms with E-state index in [4.69, 9.17) is 16.6 Å². The number of carbonyl (C=O) groups is 1. The predicted octanol–water partition coefficient (Wildman–Crippen LogP) is 4.26. The van der Waals surface area contributed by atoms with Crippen molar-refractivity contribution in [1.82, 2.24) is 19.8 Å². The van der Waals surface area contributed by atoms with Gasteiger partial charge in [-0.3, -0.25) is 4.79 Å². The zero-order chi connectivity index (χ0) is 21.9. The van der Waals surface area contributed by atoms with E-state index in [1.54, 1.807) is 11.3 Å². The first kappa shape index (κ1) is 21.6. The first-order valence-electron chi connectivity index (χ1n) is 11.4. The first-order chi connectivity index (χ1) is 15.7. The average Bonchev–Trinajstić information content (AvgIpc) is 3.27. The number of thiazole rings is 1. The maximum absolute atomic E-state index is 12.7. The largest absolute Gasteiger partial charge is 0.353 e. The van der Waals surface area contributed by atoms with Gasteiger partial charge in [-0.15, -0.1) is 11.3 Å². The number of piperidine rings is 1. The van der Waals surface area contributed by atoms with Gasteiger partial charge in [-0.1, -0.05) is 17.7 Å². The number of rotatable bonds is 5. The second kappa shape index (κ2) is 9.73. The molecule has 1 amide bonds. The lowest BCUT2D eigenvalue weighted by Gasteiger charge is -2.36. The number of hydrogen-bond acceptors (Lipinski definition) is 6. The third-order valence-electron chi connectivity index (χ3n) is 6.55. The Kier molecular flexibility index (Phi) is 6.57. The van der Waals surface area contributed by atoms with E-state index >= 15 is 0 Å². The van der Waals surface area contributed by atoms with E-state index in [1.807, 2.05) is 41.4 Å². The Morgan fingerprint density at radius 1 is 1.06 bits per heavy atom. The van der Waals surface area contributed by atoms with Gasteiger partial charge < -0.3 is 14.7 Å². The van der Waals surface area contributed by atoms with Crippen LogP contribution in [0.4, 0.5) is 5.82 Å². The fourth-order valence-electron chi connectivity index (χ4n) is 4.63. The standard InChI is InChI=1S/C24H28ClN5OS/c25-19-4-5-21-20(17-19)27-24(32-21)18-6-10-28(11-7-18)12-8-23(31)30-15-13-29(14-16-30)22-3-1-2-9-26-22/h1-5,9,17-18H,6-8,10-16H2. The minimum absolute atomic E-state index is 0.274. The summed E-state index contributed by atoms with van der Waals surface area (Å²) >= 11 is 7.90. The zero-order valence-electron chi connectivity index (χ0n) is 18.1. The van der Waals surface area contributed by atoms with Crippen LogP contribution in [0.2, 0.25) is 5.02 Å². The summed E-state index contributed by atoms with van der Waals surface area (Å²) < 4.78 is 1.21. The lowest BCUT2D eigenvalue weighted by molar-refractivity contribution is -0.131. The molecule has 32 heavy (non-hydrogen) atoms. The van der Waals surface area contributed by atoms with Crippen LogP contribution in [0.5, 0.6) is 0 Å². The number of likely N-dealkylation sites (tertiary alicyclic amines) is 1. The molecule has 6 nitrogen and oxygen atoms in total. The average molecular weight is 470 g/mol. The van der Waals surface area contributed by atoms with Crippen molar-refractivity contribution in [3.05, 3.63) is 52.6 Å². The van der Waals surface area contributed by atoms with Crippen LogP contribution in [0.25, 0.3) is 10.2 Å². The van der Waals surface area contributed by atoms with Gasteiger partial charge in [0.1, 0.15) is 5.82 Å². The van der Waals surface area contributed by atoms with E-state index in [1.165, 1.54) is 9.71 Å². The number of halogens is 1. The summed E-state index contributed by atoms with van der Waals surface area (Å²) in [5.41, 5.74) is 1.01. The van der Waals surface area contributed by atoms with Crippen molar-refractivity contribution in [2.75, 3.05) is 50.7 Å². The molecular weight excluding hydrogens is 442 g/mol. The van der Waals surface area contributed by atoms with Crippen molar-refractivity contribution in [1.29, 1.82) is 0 Å². The van der Waals surface area contributed by atoms with Crippen molar-refractivity contribution in [2.24, 2.45) is 0 Å². The topological polar surface area (TPSA) is 52.6 Å². The molecule has 0 atom stereocenters. The molecule has 2 saturated heterocycles. The summed E-state index contributed by atoms with van der Waals surface area (Å²) in [6, 6.07) is 11.9. The molecule has 4 heterocycles. The molecule has 0 bridgehead atoms. The van der Waals surface area contributed by atoms with Crippen LogP contribution >= 0.6 is 22.9 Å². The van der Waals surface area contributed by atoms with Gasteiger partial charge in [0.15, 0.2) is 0 Å². The normalized spacial score (nSPS) is 18.4. The number of hydrogen-bond donors (Lipinski definition) is 0. The Hall–Kier alpha value is -2.22. The van der Waals surface area contributed by atoms with Crippen molar-refractivity contribution in [3.63, 3.8) is 0 Å². The summed E-state index contributed by atoms with van der Waals surface area (Å²) in [6.07, 6.45) is 4.63. The highest BCUT2D eigenvalue weighted by molar-refractivity contribution is 7.18. The molecule has 168 valence electrons. The van der Waals surface area contributed by atoms with E-state index in [9.17, 15) is 4.79 Å². The lowest BCUT2D eigenvalue weighted by atomic mass is 9.97. The second-order valence-corrected chi connectivity index (χ2v) is 10.1. The molecule has 0 aliphatic carbocycles. The highest BCUT2D eigenvalue weighted by Crippen LogP contribution is 2.34. The summed E-state index contributed by atoms with van der Waals surface area (Å²) in [4.78, 5) is 28.7. The molecule has 0 saturated carbocycles. The first-order valence-corrected chi connectivity index (χ1v) is 12.6. The van der Waals surface area contributed by atoms with Gasteiger partial charge in [0, 0.05) is 56.3 Å². The molecule has 3 aromatic rings. The van der Waals surface area contributed by atoms with Crippen LogP contribution in [0, 0.1) is 0 Å². The van der Waals surface area contributed by atoms with Crippen LogP contribution in [0.1, 0.15) is 30.2 Å². The third-order valence-corrected chi connectivity index (χ3v) is 7.98. The van der Waals surface area contributed by atoms with Gasteiger partial charge in [-0.2, -0.15) is 0 Å². The van der Waals surface area contributed by atoms with Gasteiger partial charge in [0.05, 0.1) is 15.2 Å². The van der Waals surface area contributed by atoms with Crippen molar-refractivity contribution in [3.8, 4) is 0 Å². The molecule has 2 aliphatic heterocycles. The number of benzene rings is 1. The third kappa shape index (κ3) is 4.90. The minimum atomic E-state index is 0.274.